The first-order valence-electron chi connectivity index (χ1n) is 10.8. The highest BCUT2D eigenvalue weighted by atomic mass is 16.5. The van der Waals surface area contributed by atoms with E-state index < -0.39 is 0 Å². The molecule has 5 rings (SSSR count). The minimum atomic E-state index is -0.260. The molecule has 3 atom stereocenters. The van der Waals surface area contributed by atoms with Crippen molar-refractivity contribution in [1.82, 2.24) is 0 Å². The maximum atomic E-state index is 11.3. The Hall–Kier alpha value is -3.73. The standard InChI is InChI=1S/C27H26N2O3/c1-31-20-12-10-17(11-13-20)19-15-24-26(25(30)16-19)27(18-6-5-7-21(14-18)32-2)29-23-9-4-3-8-22(23)28-24/h3-14,16,19,26-27,29-30H,15H2,1-2H3/t19-,26-,27-/m0/s1. The summed E-state index contributed by atoms with van der Waals surface area (Å²) in [5.74, 6) is 1.73. The summed E-state index contributed by atoms with van der Waals surface area (Å²) in [6, 6.07) is 23.9. The van der Waals surface area contributed by atoms with Gasteiger partial charge in [0.1, 0.15) is 17.3 Å². The maximum absolute atomic E-state index is 11.3. The molecule has 0 saturated carbocycles. The van der Waals surface area contributed by atoms with Gasteiger partial charge >= 0.3 is 0 Å². The number of aliphatic imine (C=N–C) groups is 1. The lowest BCUT2D eigenvalue weighted by Gasteiger charge is -2.33. The Balaban J connectivity index is 1.60. The van der Waals surface area contributed by atoms with Crippen molar-refractivity contribution < 1.29 is 14.6 Å². The molecule has 1 aliphatic heterocycles. The molecule has 2 aliphatic rings. The van der Waals surface area contributed by atoms with E-state index in [1.54, 1.807) is 14.2 Å². The van der Waals surface area contributed by atoms with Gasteiger partial charge in [0.15, 0.2) is 0 Å². The summed E-state index contributed by atoms with van der Waals surface area (Å²) in [7, 11) is 3.33. The predicted molar refractivity (Wildman–Crippen MR) is 127 cm³/mol. The second kappa shape index (κ2) is 8.42. The Labute approximate surface area is 188 Å². The lowest BCUT2D eigenvalue weighted by atomic mass is 9.77. The molecule has 0 saturated heterocycles. The normalized spacial score (nSPS) is 21.8. The third kappa shape index (κ3) is 3.71. The highest BCUT2D eigenvalue weighted by Crippen LogP contribution is 2.45. The van der Waals surface area contributed by atoms with Crippen LogP contribution < -0.4 is 14.8 Å². The van der Waals surface area contributed by atoms with Gasteiger partial charge in [-0.15, -0.1) is 0 Å². The van der Waals surface area contributed by atoms with E-state index in [4.69, 9.17) is 14.5 Å². The van der Waals surface area contributed by atoms with Gasteiger partial charge in [-0.2, -0.15) is 0 Å². The number of para-hydroxylation sites is 2. The smallest absolute Gasteiger partial charge is 0.119 e. The molecule has 3 aromatic rings. The van der Waals surface area contributed by atoms with Crippen LogP contribution in [0.25, 0.3) is 0 Å². The molecule has 0 spiro atoms. The second-order valence-corrected chi connectivity index (χ2v) is 8.17. The van der Waals surface area contributed by atoms with E-state index in [9.17, 15) is 5.11 Å². The van der Waals surface area contributed by atoms with Crippen LogP contribution in [0.15, 0.2) is 89.6 Å². The lowest BCUT2D eigenvalue weighted by molar-refractivity contribution is 0.337. The van der Waals surface area contributed by atoms with Crippen molar-refractivity contribution in [2.75, 3.05) is 19.5 Å². The van der Waals surface area contributed by atoms with Crippen molar-refractivity contribution in [3.8, 4) is 11.5 Å². The number of hydrogen-bond donors (Lipinski definition) is 2. The van der Waals surface area contributed by atoms with E-state index in [0.29, 0.717) is 5.76 Å². The average molecular weight is 427 g/mol. The summed E-state index contributed by atoms with van der Waals surface area (Å²) in [4.78, 5) is 5.04. The molecule has 0 amide bonds. The summed E-state index contributed by atoms with van der Waals surface area (Å²) in [5.41, 5.74) is 4.98. The third-order valence-electron chi connectivity index (χ3n) is 6.29. The van der Waals surface area contributed by atoms with E-state index in [1.807, 2.05) is 60.7 Å². The van der Waals surface area contributed by atoms with Crippen LogP contribution in [0.1, 0.15) is 29.5 Å². The first-order chi connectivity index (χ1) is 15.7. The van der Waals surface area contributed by atoms with Gasteiger partial charge in [-0.3, -0.25) is 4.99 Å². The molecule has 0 aromatic heterocycles. The Morgan fingerprint density at radius 1 is 0.875 bits per heavy atom. The number of hydrogen-bond acceptors (Lipinski definition) is 5. The van der Waals surface area contributed by atoms with E-state index >= 15 is 0 Å². The molecular formula is C27H26N2O3. The minimum Gasteiger partial charge on any atom is -0.512 e. The highest BCUT2D eigenvalue weighted by Gasteiger charge is 2.38. The first kappa shape index (κ1) is 20.2. The number of aliphatic hydroxyl groups is 1. The summed E-state index contributed by atoms with van der Waals surface area (Å²) in [6.45, 7) is 0. The van der Waals surface area contributed by atoms with Crippen LogP contribution in [0.4, 0.5) is 11.4 Å². The van der Waals surface area contributed by atoms with Crippen molar-refractivity contribution >= 4 is 17.1 Å². The van der Waals surface area contributed by atoms with E-state index in [-0.39, 0.29) is 17.9 Å². The SMILES string of the molecule is COc1ccc([C@@H]2C=C(O)[C@@H]3C(=Nc4ccccc4N[C@H]3c3cccc(OC)c3)C2)cc1. The highest BCUT2D eigenvalue weighted by molar-refractivity contribution is 5.96. The van der Waals surface area contributed by atoms with Crippen LogP contribution >= 0.6 is 0 Å². The molecular weight excluding hydrogens is 400 g/mol. The quantitative estimate of drug-likeness (QED) is 0.522. The van der Waals surface area contributed by atoms with Gasteiger partial charge in [0.2, 0.25) is 0 Å². The van der Waals surface area contributed by atoms with Crippen LogP contribution in [0, 0.1) is 5.92 Å². The van der Waals surface area contributed by atoms with E-state index in [2.05, 4.69) is 23.5 Å². The first-order valence-corrected chi connectivity index (χ1v) is 10.8. The number of methoxy groups -OCH3 is 2. The molecule has 3 aromatic carbocycles. The largest absolute Gasteiger partial charge is 0.512 e. The van der Waals surface area contributed by atoms with Gasteiger partial charge in [0, 0.05) is 11.6 Å². The van der Waals surface area contributed by atoms with Gasteiger partial charge in [0.05, 0.1) is 37.6 Å². The van der Waals surface area contributed by atoms with Crippen molar-refractivity contribution in [2.45, 2.75) is 18.4 Å². The van der Waals surface area contributed by atoms with Gasteiger partial charge in [-0.05, 0) is 60.0 Å². The monoisotopic (exact) mass is 426 g/mol. The van der Waals surface area contributed by atoms with Crippen molar-refractivity contribution in [1.29, 1.82) is 0 Å². The zero-order valence-electron chi connectivity index (χ0n) is 18.2. The molecule has 2 N–H and O–H groups in total. The minimum absolute atomic E-state index is 0.0483. The third-order valence-corrected chi connectivity index (χ3v) is 6.29. The molecule has 0 fully saturated rings. The van der Waals surface area contributed by atoms with Crippen molar-refractivity contribution in [2.24, 2.45) is 10.9 Å². The summed E-state index contributed by atoms with van der Waals surface area (Å²) in [6.07, 6.45) is 2.70. The van der Waals surface area contributed by atoms with Crippen LogP contribution in [0.5, 0.6) is 11.5 Å². The Kier molecular flexibility index (Phi) is 5.31. The zero-order chi connectivity index (χ0) is 22.1. The number of ether oxygens (including phenoxy) is 2. The number of rotatable bonds is 4. The Morgan fingerprint density at radius 2 is 1.66 bits per heavy atom. The fourth-order valence-electron chi connectivity index (χ4n) is 4.64. The zero-order valence-corrected chi connectivity index (χ0v) is 18.2. The molecule has 0 bridgehead atoms. The number of anilines is 1. The van der Waals surface area contributed by atoms with Gasteiger partial charge < -0.3 is 19.9 Å². The van der Waals surface area contributed by atoms with Crippen LogP contribution in [-0.4, -0.2) is 25.0 Å². The molecule has 5 heteroatoms. The van der Waals surface area contributed by atoms with Gasteiger partial charge in [-0.25, -0.2) is 0 Å². The fraction of sp³-hybridized carbons (Fsp3) is 0.222. The maximum Gasteiger partial charge on any atom is 0.119 e. The number of aliphatic hydroxyl groups excluding tert-OH is 1. The van der Waals surface area contributed by atoms with Gasteiger partial charge in [-0.1, -0.05) is 36.4 Å². The summed E-state index contributed by atoms with van der Waals surface area (Å²) >= 11 is 0. The summed E-state index contributed by atoms with van der Waals surface area (Å²) < 4.78 is 10.8. The number of nitrogens with one attached hydrogen (secondary N) is 1. The molecule has 162 valence electrons. The molecule has 32 heavy (non-hydrogen) atoms. The Bertz CT molecular complexity index is 1180. The van der Waals surface area contributed by atoms with E-state index in [0.717, 1.165) is 46.1 Å². The average Bonchev–Trinajstić information content (AvgIpc) is 3.01. The number of nitrogens with zero attached hydrogens (tertiary/aromatic N) is 1. The van der Waals surface area contributed by atoms with Gasteiger partial charge in [0.25, 0.3) is 0 Å². The molecule has 0 unspecified atom stereocenters. The van der Waals surface area contributed by atoms with Crippen molar-refractivity contribution in [3.05, 3.63) is 95.8 Å². The fourth-order valence-corrected chi connectivity index (χ4v) is 4.64. The predicted octanol–water partition coefficient (Wildman–Crippen LogP) is 6.19. The topological polar surface area (TPSA) is 63.1 Å². The molecule has 1 aliphatic carbocycles. The van der Waals surface area contributed by atoms with E-state index in [1.165, 1.54) is 0 Å². The number of benzene rings is 3. The molecule has 5 nitrogen and oxygen atoms in total. The van der Waals surface area contributed by atoms with Crippen LogP contribution in [0.3, 0.4) is 0 Å². The van der Waals surface area contributed by atoms with Crippen molar-refractivity contribution in [3.63, 3.8) is 0 Å². The Morgan fingerprint density at radius 3 is 2.44 bits per heavy atom. The lowest BCUT2D eigenvalue weighted by Crippen LogP contribution is -2.32. The second-order valence-electron chi connectivity index (χ2n) is 8.17. The summed E-state index contributed by atoms with van der Waals surface area (Å²) in [5, 5.41) is 14.9. The molecule has 0 radical (unpaired) electrons. The van der Waals surface area contributed by atoms with Crippen LogP contribution in [0.2, 0.25) is 0 Å². The number of fused-ring (bicyclic) bond motifs is 2. The molecule has 1 heterocycles. The number of allylic oxidation sites excluding steroid dienone is 1. The van der Waals surface area contributed by atoms with Crippen LogP contribution in [-0.2, 0) is 0 Å².